The van der Waals surface area contributed by atoms with Crippen LogP contribution < -0.4 is 5.30 Å². The molecular formula is C14H15OP. The van der Waals surface area contributed by atoms with Crippen LogP contribution in [0.4, 0.5) is 0 Å². The van der Waals surface area contributed by atoms with Crippen molar-refractivity contribution < 1.29 is 4.79 Å². The van der Waals surface area contributed by atoms with Crippen molar-refractivity contribution >= 4 is 19.9 Å². The van der Waals surface area contributed by atoms with Crippen LogP contribution in [0.5, 0.6) is 0 Å². The average molecular weight is 230 g/mol. The summed E-state index contributed by atoms with van der Waals surface area (Å²) >= 11 is 0. The van der Waals surface area contributed by atoms with Gasteiger partial charge in [-0.05, 0) is 20.8 Å². The summed E-state index contributed by atoms with van der Waals surface area (Å²) < 4.78 is 0. The summed E-state index contributed by atoms with van der Waals surface area (Å²) in [5, 5.41) is 1.10. The van der Waals surface area contributed by atoms with Gasteiger partial charge in [0, 0.05) is 0 Å². The summed E-state index contributed by atoms with van der Waals surface area (Å²) in [4.78, 5) is 9.99. The van der Waals surface area contributed by atoms with Crippen molar-refractivity contribution in [1.29, 1.82) is 0 Å². The molecule has 0 saturated carbocycles. The van der Waals surface area contributed by atoms with Crippen molar-refractivity contribution in [3.05, 3.63) is 66.2 Å². The Morgan fingerprint density at radius 1 is 0.875 bits per heavy atom. The van der Waals surface area contributed by atoms with Gasteiger partial charge in [-0.2, -0.15) is 0 Å². The van der Waals surface area contributed by atoms with Crippen LogP contribution in [-0.4, -0.2) is 6.03 Å². The zero-order valence-corrected chi connectivity index (χ0v) is 10.3. The van der Waals surface area contributed by atoms with Crippen molar-refractivity contribution in [3.63, 3.8) is 0 Å². The van der Waals surface area contributed by atoms with E-state index in [1.807, 2.05) is 48.5 Å². The highest BCUT2D eigenvalue weighted by atomic mass is 31.1. The van der Waals surface area contributed by atoms with Gasteiger partial charge >= 0.3 is 0 Å². The molecule has 0 saturated heterocycles. The summed E-state index contributed by atoms with van der Waals surface area (Å²) in [7, 11) is 0.307. The Morgan fingerprint density at radius 2 is 1.38 bits per heavy atom. The monoisotopic (exact) mass is 230 g/mol. The molecule has 0 spiro atoms. The van der Waals surface area contributed by atoms with Gasteiger partial charge < -0.3 is 0 Å². The number of carbonyl (C=O) groups excluding carboxylic acids is 1. The third-order valence-electron chi connectivity index (χ3n) is 1.94. The quantitative estimate of drug-likeness (QED) is 0.572. The van der Waals surface area contributed by atoms with E-state index in [0.717, 1.165) is 11.3 Å². The van der Waals surface area contributed by atoms with Gasteiger partial charge in [-0.3, -0.25) is 4.79 Å². The molecule has 1 atom stereocenters. The number of benzene rings is 2. The fraction of sp³-hybridized carbons (Fsp3) is 0.0714. The molecule has 0 aliphatic rings. The largest absolute Gasteiger partial charge is 0.298 e. The molecule has 1 nitrogen and oxygen atoms in total. The standard InChI is InChI=1S/C7H7OP.C7H8/c8-6-9-7-4-2-1-3-5-7;1-7-5-3-2-4-6-7/h1-6,9H;2-6H,1H3. The first-order chi connectivity index (χ1) is 7.83. The van der Waals surface area contributed by atoms with Gasteiger partial charge in [-0.1, -0.05) is 66.2 Å². The van der Waals surface area contributed by atoms with E-state index in [-0.39, 0.29) is 0 Å². The molecule has 0 N–H and O–H groups in total. The normalized spacial score (nSPS) is 9.56. The van der Waals surface area contributed by atoms with Crippen LogP contribution in [0.15, 0.2) is 60.7 Å². The lowest BCUT2D eigenvalue weighted by Gasteiger charge is -1.89. The second-order valence-corrected chi connectivity index (χ2v) is 4.38. The van der Waals surface area contributed by atoms with E-state index in [2.05, 4.69) is 19.1 Å². The summed E-state index contributed by atoms with van der Waals surface area (Å²) in [6, 6.07) is 20.9. The lowest BCUT2D eigenvalue weighted by atomic mass is 10.2. The van der Waals surface area contributed by atoms with Crippen LogP contribution in [0.3, 0.4) is 0 Å². The molecule has 2 heteroatoms. The summed E-state index contributed by atoms with van der Waals surface area (Å²) in [6.07, 6.45) is 0. The number of hydrogen-bond donors (Lipinski definition) is 0. The first-order valence-electron chi connectivity index (χ1n) is 5.10. The lowest BCUT2D eigenvalue weighted by Crippen LogP contribution is -1.89. The Hall–Kier alpha value is -1.46. The van der Waals surface area contributed by atoms with Gasteiger partial charge in [0.25, 0.3) is 0 Å². The van der Waals surface area contributed by atoms with Crippen molar-refractivity contribution in [2.75, 3.05) is 0 Å². The van der Waals surface area contributed by atoms with Gasteiger partial charge in [-0.25, -0.2) is 0 Å². The molecule has 2 aromatic rings. The number of rotatable bonds is 2. The number of hydrogen-bond acceptors (Lipinski definition) is 1. The first kappa shape index (κ1) is 12.6. The Bertz CT molecular complexity index is 398. The van der Waals surface area contributed by atoms with E-state index in [9.17, 15) is 4.79 Å². The van der Waals surface area contributed by atoms with Crippen LogP contribution in [0.2, 0.25) is 0 Å². The van der Waals surface area contributed by atoms with E-state index in [4.69, 9.17) is 0 Å². The Labute approximate surface area is 98.3 Å². The third kappa shape index (κ3) is 5.43. The Morgan fingerprint density at radius 3 is 1.75 bits per heavy atom. The van der Waals surface area contributed by atoms with Crippen molar-refractivity contribution in [2.24, 2.45) is 0 Å². The SMILES string of the molecule is Cc1ccccc1.O=CPc1ccccc1. The molecule has 0 aromatic heterocycles. The van der Waals surface area contributed by atoms with E-state index >= 15 is 0 Å². The molecule has 0 aliphatic carbocycles. The molecule has 2 aromatic carbocycles. The van der Waals surface area contributed by atoms with E-state index in [1.165, 1.54) is 5.56 Å². The van der Waals surface area contributed by atoms with Crippen LogP contribution in [-0.2, 0) is 4.79 Å². The molecule has 0 radical (unpaired) electrons. The predicted octanol–water partition coefficient (Wildman–Crippen LogP) is 3.18. The highest BCUT2D eigenvalue weighted by Crippen LogP contribution is 2.02. The van der Waals surface area contributed by atoms with Crippen LogP contribution in [0.1, 0.15) is 5.56 Å². The molecule has 0 aliphatic heterocycles. The van der Waals surface area contributed by atoms with Gasteiger partial charge in [-0.15, -0.1) is 0 Å². The summed E-state index contributed by atoms with van der Waals surface area (Å²) in [6.45, 7) is 2.08. The highest BCUT2D eigenvalue weighted by Gasteiger charge is 1.84. The van der Waals surface area contributed by atoms with E-state index in [1.54, 1.807) is 0 Å². The smallest absolute Gasteiger partial charge is 0.143 e. The van der Waals surface area contributed by atoms with Crippen molar-refractivity contribution in [1.82, 2.24) is 0 Å². The van der Waals surface area contributed by atoms with Crippen LogP contribution in [0, 0.1) is 6.92 Å². The maximum absolute atomic E-state index is 9.99. The molecule has 0 fully saturated rings. The van der Waals surface area contributed by atoms with Crippen molar-refractivity contribution in [3.8, 4) is 0 Å². The molecule has 0 heterocycles. The number of aryl methyl sites for hydroxylation is 1. The minimum Gasteiger partial charge on any atom is -0.298 e. The van der Waals surface area contributed by atoms with E-state index < -0.39 is 0 Å². The molecule has 0 amide bonds. The van der Waals surface area contributed by atoms with Gasteiger partial charge in [0.1, 0.15) is 6.03 Å². The number of carbonyl (C=O) groups is 1. The van der Waals surface area contributed by atoms with Crippen LogP contribution in [0.25, 0.3) is 0 Å². The first-order valence-corrected chi connectivity index (χ1v) is 6.17. The molecule has 0 bridgehead atoms. The zero-order valence-electron chi connectivity index (χ0n) is 9.26. The second-order valence-electron chi connectivity index (χ2n) is 3.28. The fourth-order valence-corrected chi connectivity index (χ4v) is 1.66. The minimum atomic E-state index is 0.307. The summed E-state index contributed by atoms with van der Waals surface area (Å²) in [5.74, 6) is 0. The predicted molar refractivity (Wildman–Crippen MR) is 72.3 cm³/mol. The Balaban J connectivity index is 0.000000165. The topological polar surface area (TPSA) is 17.1 Å². The minimum absolute atomic E-state index is 0.307. The Kier molecular flexibility index (Phi) is 6.13. The van der Waals surface area contributed by atoms with Crippen LogP contribution >= 0.6 is 8.58 Å². The summed E-state index contributed by atoms with van der Waals surface area (Å²) in [5.41, 5.74) is 1.32. The molecule has 16 heavy (non-hydrogen) atoms. The van der Waals surface area contributed by atoms with Crippen molar-refractivity contribution in [2.45, 2.75) is 6.92 Å². The molecule has 2 rings (SSSR count). The molecular weight excluding hydrogens is 215 g/mol. The third-order valence-corrected chi connectivity index (χ3v) is 2.72. The van der Waals surface area contributed by atoms with Gasteiger partial charge in [0.05, 0.1) is 0 Å². The maximum atomic E-state index is 9.99. The highest BCUT2D eigenvalue weighted by molar-refractivity contribution is 7.62. The zero-order chi connectivity index (χ0) is 11.6. The fourth-order valence-electron chi connectivity index (χ4n) is 1.14. The van der Waals surface area contributed by atoms with Gasteiger partial charge in [0.2, 0.25) is 0 Å². The maximum Gasteiger partial charge on any atom is 0.143 e. The molecule has 82 valence electrons. The van der Waals surface area contributed by atoms with E-state index in [0.29, 0.717) is 8.58 Å². The average Bonchev–Trinajstić information content (AvgIpc) is 2.33. The lowest BCUT2D eigenvalue weighted by molar-refractivity contribution is 0.569. The molecule has 1 unspecified atom stereocenters. The second kappa shape index (κ2) is 7.78. The van der Waals surface area contributed by atoms with Gasteiger partial charge in [0.15, 0.2) is 0 Å².